The normalized spacial score (nSPS) is 7.00. The monoisotopic (exact) mass is 410 g/mol. The second-order valence-electron chi connectivity index (χ2n) is 3.42. The first-order chi connectivity index (χ1) is 8.20. The molecule has 0 amide bonds. The minimum atomic E-state index is 0. The van der Waals surface area contributed by atoms with Gasteiger partial charge in [0.25, 0.3) is 0 Å². The summed E-state index contributed by atoms with van der Waals surface area (Å²) in [6.07, 6.45) is 1.00. The van der Waals surface area contributed by atoms with E-state index in [1.165, 1.54) is 11.1 Å². The predicted octanol–water partition coefficient (Wildman–Crippen LogP) is 4.62. The number of hydrogen-bond acceptors (Lipinski definition) is 0. The van der Waals surface area contributed by atoms with Crippen molar-refractivity contribution < 1.29 is 27.0 Å². The van der Waals surface area contributed by atoms with Crippen LogP contribution in [0.4, 0.5) is 0 Å². The number of hydrogen-bond donors (Lipinski definition) is 0. The average Bonchev–Trinajstić information content (AvgIpc) is 2.97. The molecular weight excluding hydrogens is 389 g/mol. The molecule has 0 aliphatic heterocycles. The van der Waals surface area contributed by atoms with Gasteiger partial charge in [-0.05, 0) is 0 Å². The van der Waals surface area contributed by atoms with Gasteiger partial charge < -0.3 is 6.92 Å². The van der Waals surface area contributed by atoms with E-state index >= 15 is 0 Å². The Morgan fingerprint density at radius 2 is 1.06 bits per heavy atom. The van der Waals surface area contributed by atoms with Gasteiger partial charge in [-0.3, -0.25) is 0 Å². The zero-order valence-corrected chi connectivity index (χ0v) is 14.6. The summed E-state index contributed by atoms with van der Waals surface area (Å²) in [6.45, 7) is 14.2. The molecular formula is C16H21OTa-3. The summed E-state index contributed by atoms with van der Waals surface area (Å²) >= 11 is 0. The summed E-state index contributed by atoms with van der Waals surface area (Å²) in [4.78, 5) is 0. The van der Waals surface area contributed by atoms with Crippen LogP contribution in [0.1, 0.15) is 24.5 Å². The molecule has 99 valence electrons. The SMILES string of the molecule is C[c-]1cccc1.C[c-]1cccc1.[C-]#[O+].[CH2-]CC.[Ta]. The van der Waals surface area contributed by atoms with Gasteiger partial charge in [-0.1, -0.05) is 20.8 Å². The maximum absolute atomic E-state index is 7.50. The molecule has 0 aromatic heterocycles. The quantitative estimate of drug-likeness (QED) is 0.446. The van der Waals surface area contributed by atoms with E-state index in [0.29, 0.717) is 0 Å². The van der Waals surface area contributed by atoms with Gasteiger partial charge in [-0.15, -0.1) is 0 Å². The van der Waals surface area contributed by atoms with Crippen LogP contribution in [0.15, 0.2) is 48.5 Å². The Hall–Kier alpha value is -0.820. The molecule has 2 aromatic carbocycles. The molecule has 0 atom stereocenters. The molecule has 0 bridgehead atoms. The van der Waals surface area contributed by atoms with E-state index in [1.54, 1.807) is 0 Å². The van der Waals surface area contributed by atoms with Crippen LogP contribution in [0.3, 0.4) is 0 Å². The van der Waals surface area contributed by atoms with E-state index in [9.17, 15) is 0 Å². The smallest absolute Gasteiger partial charge is 0 e. The maximum Gasteiger partial charge on any atom is 0 e. The van der Waals surface area contributed by atoms with E-state index < -0.39 is 0 Å². The fraction of sp³-hybridized carbons (Fsp3) is 0.250. The standard InChI is InChI=1S/2C6H7.C3H7.CO.Ta/c2*1-6-4-2-3-5-6;1-3-2;1-2;/h2*2-5H,1H3;1,3H2,2H3;;/q3*-1;;. The van der Waals surface area contributed by atoms with Crippen LogP contribution in [0.2, 0.25) is 0 Å². The third-order valence-electron chi connectivity index (χ3n) is 1.66. The molecule has 0 heterocycles. The Balaban J connectivity index is -0.000000179. The molecule has 18 heavy (non-hydrogen) atoms. The van der Waals surface area contributed by atoms with E-state index in [1.807, 2.05) is 31.2 Å². The Bertz CT molecular complexity index is 298. The maximum atomic E-state index is 7.50. The van der Waals surface area contributed by atoms with Crippen molar-refractivity contribution in [2.24, 2.45) is 0 Å². The predicted molar refractivity (Wildman–Crippen MR) is 73.1 cm³/mol. The summed E-state index contributed by atoms with van der Waals surface area (Å²) in [5, 5.41) is 0. The first kappa shape index (κ1) is 22.4. The molecule has 0 aliphatic carbocycles. The Morgan fingerprint density at radius 1 is 0.889 bits per heavy atom. The first-order valence-corrected chi connectivity index (χ1v) is 5.57. The van der Waals surface area contributed by atoms with Crippen molar-refractivity contribution in [3.63, 3.8) is 0 Å². The van der Waals surface area contributed by atoms with Crippen LogP contribution in [0, 0.1) is 27.4 Å². The molecule has 0 N–H and O–H groups in total. The van der Waals surface area contributed by atoms with Crippen molar-refractivity contribution in [1.82, 2.24) is 0 Å². The van der Waals surface area contributed by atoms with Gasteiger partial charge in [-0.25, -0.2) is 24.3 Å². The molecule has 1 nitrogen and oxygen atoms in total. The van der Waals surface area contributed by atoms with Crippen molar-refractivity contribution in [3.8, 4) is 0 Å². The molecule has 2 aromatic rings. The zero-order chi connectivity index (χ0) is 13.5. The average molecular weight is 410 g/mol. The first-order valence-electron chi connectivity index (χ1n) is 5.57. The largest absolute Gasteiger partial charge is 0.344 e. The van der Waals surface area contributed by atoms with E-state index in [0.717, 1.165) is 6.42 Å². The molecule has 0 unspecified atom stereocenters. The van der Waals surface area contributed by atoms with Crippen molar-refractivity contribution in [2.75, 3.05) is 0 Å². The van der Waals surface area contributed by atoms with E-state index in [4.69, 9.17) is 4.65 Å². The number of aryl methyl sites for hydroxylation is 2. The van der Waals surface area contributed by atoms with Crippen LogP contribution < -0.4 is 0 Å². The Kier molecular flexibility index (Phi) is 23.0. The minimum Gasteiger partial charge on any atom is -0.344 e. The van der Waals surface area contributed by atoms with Crippen molar-refractivity contribution in [2.45, 2.75) is 27.2 Å². The second kappa shape index (κ2) is 18.5. The number of rotatable bonds is 0. The van der Waals surface area contributed by atoms with Crippen molar-refractivity contribution >= 4 is 0 Å². The van der Waals surface area contributed by atoms with Crippen molar-refractivity contribution in [1.29, 1.82) is 0 Å². The fourth-order valence-electron chi connectivity index (χ4n) is 0.940. The summed E-state index contributed by atoms with van der Waals surface area (Å²) in [7, 11) is 0. The second-order valence-corrected chi connectivity index (χ2v) is 3.42. The molecule has 0 saturated heterocycles. The van der Waals surface area contributed by atoms with Crippen LogP contribution in [-0.4, -0.2) is 0 Å². The third-order valence-corrected chi connectivity index (χ3v) is 1.66. The summed E-state index contributed by atoms with van der Waals surface area (Å²) in [5.74, 6) is 0. The Labute approximate surface area is 127 Å². The van der Waals surface area contributed by atoms with Gasteiger partial charge in [0, 0.05) is 22.4 Å². The van der Waals surface area contributed by atoms with Gasteiger partial charge in [0.2, 0.25) is 0 Å². The molecule has 1 radical (unpaired) electrons. The van der Waals surface area contributed by atoms with Gasteiger partial charge in [0.05, 0.1) is 0 Å². The molecule has 0 saturated carbocycles. The fourth-order valence-corrected chi connectivity index (χ4v) is 0.940. The minimum absolute atomic E-state index is 0. The van der Waals surface area contributed by atoms with Crippen LogP contribution in [0.25, 0.3) is 0 Å². The van der Waals surface area contributed by atoms with Crippen LogP contribution in [-0.2, 0) is 27.0 Å². The molecule has 0 aliphatic rings. The topological polar surface area (TPSA) is 19.9 Å². The van der Waals surface area contributed by atoms with E-state index in [-0.39, 0.29) is 22.4 Å². The van der Waals surface area contributed by atoms with E-state index in [2.05, 4.69) is 51.7 Å². The van der Waals surface area contributed by atoms with Gasteiger partial charge >= 0.3 is 11.3 Å². The molecule has 2 rings (SSSR count). The van der Waals surface area contributed by atoms with Gasteiger partial charge in [0.15, 0.2) is 0 Å². The molecule has 0 fully saturated rings. The molecule has 2 heteroatoms. The van der Waals surface area contributed by atoms with Gasteiger partial charge in [0.1, 0.15) is 0 Å². The van der Waals surface area contributed by atoms with Crippen molar-refractivity contribution in [3.05, 3.63) is 73.2 Å². The summed E-state index contributed by atoms with van der Waals surface area (Å²) in [6, 6.07) is 16.5. The molecule has 0 spiro atoms. The zero-order valence-electron chi connectivity index (χ0n) is 11.4. The van der Waals surface area contributed by atoms with Gasteiger partial charge in [-0.2, -0.15) is 41.8 Å². The summed E-state index contributed by atoms with van der Waals surface area (Å²) in [5.41, 5.74) is 2.69. The Morgan fingerprint density at radius 3 is 1.11 bits per heavy atom. The van der Waals surface area contributed by atoms with Crippen LogP contribution in [0.5, 0.6) is 0 Å². The van der Waals surface area contributed by atoms with Crippen LogP contribution >= 0.6 is 0 Å². The summed E-state index contributed by atoms with van der Waals surface area (Å²) < 4.78 is 7.50. The third kappa shape index (κ3) is 17.6.